The molecule has 2 nitrogen and oxygen atoms in total. The molecule has 90 valence electrons. The molecule has 0 atom stereocenters. The van der Waals surface area contributed by atoms with Gasteiger partial charge < -0.3 is 5.21 Å². The number of hydrogen-bond acceptors (Lipinski definition) is 2. The van der Waals surface area contributed by atoms with Crippen molar-refractivity contribution in [1.82, 2.24) is 5.48 Å². The Bertz CT molecular complexity index is 167. The number of rotatable bonds is 4. The Morgan fingerprint density at radius 3 is 1.87 bits per heavy atom. The molecule has 0 fully saturated rings. The minimum absolute atomic E-state index is 0.458. The van der Waals surface area contributed by atoms with Crippen molar-refractivity contribution in [2.45, 2.75) is 41.0 Å². The quantitative estimate of drug-likeness (QED) is 0.419. The second kappa shape index (κ2) is 18.8. The molecule has 0 bridgehead atoms. The van der Waals surface area contributed by atoms with Crippen LogP contribution in [0, 0.1) is 0 Å². The van der Waals surface area contributed by atoms with E-state index in [1.807, 2.05) is 19.3 Å². The van der Waals surface area contributed by atoms with Crippen LogP contribution in [-0.2, 0) is 0 Å². The summed E-state index contributed by atoms with van der Waals surface area (Å²) in [6.07, 6.45) is 4.74. The maximum Gasteiger partial charge on any atom is 0.0385 e. The van der Waals surface area contributed by atoms with Gasteiger partial charge in [-0.25, -0.2) is 5.48 Å². The van der Waals surface area contributed by atoms with Crippen LogP contribution in [0.1, 0.15) is 41.0 Å². The van der Waals surface area contributed by atoms with Crippen LogP contribution in [0.3, 0.4) is 0 Å². The van der Waals surface area contributed by atoms with E-state index in [1.165, 1.54) is 11.1 Å². The molecule has 0 aromatic carbocycles. The average molecular weight is 213 g/mol. The van der Waals surface area contributed by atoms with Crippen LogP contribution >= 0.6 is 0 Å². The molecule has 0 heterocycles. The van der Waals surface area contributed by atoms with Crippen LogP contribution in [0.5, 0.6) is 0 Å². The predicted octanol–water partition coefficient (Wildman–Crippen LogP) is 4.10. The van der Waals surface area contributed by atoms with Crippen molar-refractivity contribution < 1.29 is 5.21 Å². The van der Waals surface area contributed by atoms with Gasteiger partial charge in [-0.05, 0) is 20.3 Å². The van der Waals surface area contributed by atoms with E-state index < -0.39 is 0 Å². The predicted molar refractivity (Wildman–Crippen MR) is 70.2 cm³/mol. The molecule has 0 aliphatic heterocycles. The lowest BCUT2D eigenvalue weighted by Gasteiger charge is -1.91. The van der Waals surface area contributed by atoms with Gasteiger partial charge in [-0.15, -0.1) is 6.58 Å². The Morgan fingerprint density at radius 1 is 1.33 bits per heavy atom. The summed E-state index contributed by atoms with van der Waals surface area (Å²) in [5.74, 6) is 0. The lowest BCUT2D eigenvalue weighted by Crippen LogP contribution is -2.04. The Morgan fingerprint density at radius 2 is 1.80 bits per heavy atom. The second-order valence-electron chi connectivity index (χ2n) is 2.88. The van der Waals surface area contributed by atoms with Gasteiger partial charge in [-0.2, -0.15) is 0 Å². The maximum atomic E-state index is 7.74. The van der Waals surface area contributed by atoms with Crippen molar-refractivity contribution in [2.75, 3.05) is 6.54 Å². The van der Waals surface area contributed by atoms with Crippen LogP contribution in [0.25, 0.3) is 0 Å². The molecule has 0 aromatic heterocycles. The number of hydrogen-bond donors (Lipinski definition) is 2. The molecule has 0 aromatic rings. The smallest absolute Gasteiger partial charge is 0.0385 e. The van der Waals surface area contributed by atoms with Gasteiger partial charge in [0.15, 0.2) is 0 Å². The summed E-state index contributed by atoms with van der Waals surface area (Å²) in [7, 11) is 0. The molecule has 15 heavy (non-hydrogen) atoms. The van der Waals surface area contributed by atoms with E-state index in [1.54, 1.807) is 6.08 Å². The van der Waals surface area contributed by atoms with Gasteiger partial charge in [-0.3, -0.25) is 0 Å². The topological polar surface area (TPSA) is 32.3 Å². The minimum atomic E-state index is 0.458. The lowest BCUT2D eigenvalue weighted by molar-refractivity contribution is 0.180. The van der Waals surface area contributed by atoms with Gasteiger partial charge in [0.25, 0.3) is 0 Å². The lowest BCUT2D eigenvalue weighted by atomic mass is 10.2. The van der Waals surface area contributed by atoms with Crippen molar-refractivity contribution >= 4 is 0 Å². The van der Waals surface area contributed by atoms with Gasteiger partial charge in [-0.1, -0.05) is 50.6 Å². The van der Waals surface area contributed by atoms with Crippen molar-refractivity contribution in [1.29, 1.82) is 0 Å². The first-order chi connectivity index (χ1) is 7.08. The zero-order chi connectivity index (χ0) is 12.7. The molecular weight excluding hydrogens is 186 g/mol. The summed E-state index contributed by atoms with van der Waals surface area (Å²) in [5.41, 5.74) is 4.44. The van der Waals surface area contributed by atoms with E-state index in [9.17, 15) is 0 Å². The molecule has 0 amide bonds. The fraction of sp³-hybridized carbons (Fsp3) is 0.538. The molecule has 0 spiro atoms. The first kappa shape index (κ1) is 19.7. The fourth-order valence-electron chi connectivity index (χ4n) is 0.575. The third-order valence-electron chi connectivity index (χ3n) is 1.18. The third kappa shape index (κ3) is 32.0. The minimum Gasteiger partial charge on any atom is -0.317 e. The zero-order valence-corrected chi connectivity index (χ0v) is 10.9. The Hall–Kier alpha value is -0.860. The standard InChI is InChI=1S/C8H14.C3H7NO.C2H6/c1-5-8(4)6-7(2)3;1-2-3-4-5;1-2/h6H,4-5H2,1-3H3;2,4-5H,1,3H2;1-2H3. The molecule has 0 rings (SSSR count). The summed E-state index contributed by atoms with van der Waals surface area (Å²) < 4.78 is 0. The highest BCUT2D eigenvalue weighted by Crippen LogP contribution is 2.01. The van der Waals surface area contributed by atoms with E-state index in [0.717, 1.165) is 6.42 Å². The van der Waals surface area contributed by atoms with E-state index in [-0.39, 0.29) is 0 Å². The zero-order valence-electron chi connectivity index (χ0n) is 10.9. The maximum absolute atomic E-state index is 7.74. The largest absolute Gasteiger partial charge is 0.317 e. The highest BCUT2D eigenvalue weighted by Gasteiger charge is 1.80. The Kier molecular flexibility index (Phi) is 24.7. The first-order valence-corrected chi connectivity index (χ1v) is 5.39. The highest BCUT2D eigenvalue weighted by atomic mass is 16.5. The van der Waals surface area contributed by atoms with E-state index >= 15 is 0 Å². The number of hydroxylamine groups is 1. The summed E-state index contributed by atoms with van der Waals surface area (Å²) in [6, 6.07) is 0. The molecule has 0 aliphatic carbocycles. The normalized spacial score (nSPS) is 7.33. The summed E-state index contributed by atoms with van der Waals surface area (Å²) in [6.45, 7) is 17.9. The molecule has 2 N–H and O–H groups in total. The van der Waals surface area contributed by atoms with Gasteiger partial charge in [0.1, 0.15) is 0 Å². The van der Waals surface area contributed by atoms with E-state index in [2.05, 4.69) is 40.0 Å². The third-order valence-corrected chi connectivity index (χ3v) is 1.18. The molecule has 2 heteroatoms. The van der Waals surface area contributed by atoms with Crippen LogP contribution in [-0.4, -0.2) is 11.8 Å². The Balaban J connectivity index is -0.000000177. The van der Waals surface area contributed by atoms with Crippen molar-refractivity contribution in [2.24, 2.45) is 0 Å². The highest BCUT2D eigenvalue weighted by molar-refractivity contribution is 5.17. The fourth-order valence-corrected chi connectivity index (χ4v) is 0.575. The summed E-state index contributed by atoms with van der Waals surface area (Å²) >= 11 is 0. The van der Waals surface area contributed by atoms with E-state index in [0.29, 0.717) is 6.54 Å². The van der Waals surface area contributed by atoms with Gasteiger partial charge >= 0.3 is 0 Å². The SMILES string of the molecule is C=C(C=C(C)C)CC.C=CCNO.CC. The molecule has 0 saturated heterocycles. The molecule has 0 unspecified atom stereocenters. The molecule has 0 aliphatic rings. The van der Waals surface area contributed by atoms with Crippen LogP contribution in [0.4, 0.5) is 0 Å². The van der Waals surface area contributed by atoms with Gasteiger partial charge in [0, 0.05) is 6.54 Å². The van der Waals surface area contributed by atoms with Gasteiger partial charge in [0.05, 0.1) is 0 Å². The number of allylic oxidation sites excluding steroid dienone is 3. The Labute approximate surface area is 95.4 Å². The van der Waals surface area contributed by atoms with Gasteiger partial charge in [0.2, 0.25) is 0 Å². The molecule has 0 saturated carbocycles. The second-order valence-corrected chi connectivity index (χ2v) is 2.88. The van der Waals surface area contributed by atoms with E-state index in [4.69, 9.17) is 5.21 Å². The van der Waals surface area contributed by atoms with Crippen molar-refractivity contribution in [3.63, 3.8) is 0 Å². The molecule has 0 radical (unpaired) electrons. The first-order valence-electron chi connectivity index (χ1n) is 5.39. The molecular formula is C13H27NO. The average Bonchev–Trinajstić information content (AvgIpc) is 2.22. The summed E-state index contributed by atoms with van der Waals surface area (Å²) in [5, 5.41) is 7.74. The monoisotopic (exact) mass is 213 g/mol. The van der Waals surface area contributed by atoms with Crippen LogP contribution in [0.2, 0.25) is 0 Å². The van der Waals surface area contributed by atoms with Crippen LogP contribution in [0.15, 0.2) is 36.5 Å². The van der Waals surface area contributed by atoms with Crippen molar-refractivity contribution in [3.8, 4) is 0 Å². The summed E-state index contributed by atoms with van der Waals surface area (Å²) in [4.78, 5) is 0. The number of nitrogens with one attached hydrogen (secondary N) is 1. The van der Waals surface area contributed by atoms with Crippen molar-refractivity contribution in [3.05, 3.63) is 36.5 Å². The van der Waals surface area contributed by atoms with Crippen LogP contribution < -0.4 is 5.48 Å².